The number of rotatable bonds is 4. The molecule has 0 saturated heterocycles. The molecular weight excluding hydrogens is 345 g/mol. The highest BCUT2D eigenvalue weighted by Crippen LogP contribution is 2.29. The van der Waals surface area contributed by atoms with Crippen LogP contribution < -0.4 is 0 Å². The summed E-state index contributed by atoms with van der Waals surface area (Å²) in [6, 6.07) is 3.66. The number of hydrogen-bond donors (Lipinski definition) is 0. The molecule has 0 radical (unpaired) electrons. The molecule has 1 amide bonds. The van der Waals surface area contributed by atoms with Crippen LogP contribution in [0.5, 0.6) is 0 Å². The highest BCUT2D eigenvalue weighted by molar-refractivity contribution is 7.18. The quantitative estimate of drug-likeness (QED) is 0.714. The van der Waals surface area contributed by atoms with Crippen LogP contribution in [0.1, 0.15) is 21.2 Å². The second-order valence-electron chi connectivity index (χ2n) is 4.96. The van der Waals surface area contributed by atoms with Gasteiger partial charge in [-0.3, -0.25) is 9.78 Å². The van der Waals surface area contributed by atoms with Gasteiger partial charge in [0.25, 0.3) is 11.7 Å². The Labute approximate surface area is 137 Å². The summed E-state index contributed by atoms with van der Waals surface area (Å²) in [7, 11) is 1.57. The smallest absolute Gasteiger partial charge is 0.339 e. The number of carbonyl (C=O) groups excluding carboxylic acids is 1. The van der Waals surface area contributed by atoms with E-state index in [0.717, 1.165) is 16.9 Å². The van der Waals surface area contributed by atoms with E-state index < -0.39 is 17.9 Å². The summed E-state index contributed by atoms with van der Waals surface area (Å²) in [5.41, 5.74) is 1.00. The average Bonchev–Trinajstić information content (AvgIpc) is 3.12. The van der Waals surface area contributed by atoms with E-state index in [2.05, 4.69) is 20.3 Å². The molecule has 3 aromatic rings. The zero-order chi connectivity index (χ0) is 17.3. The third-order valence-corrected chi connectivity index (χ3v) is 4.15. The van der Waals surface area contributed by atoms with E-state index in [1.807, 2.05) is 12.1 Å². The number of carbonyl (C=O) groups is 1. The lowest BCUT2D eigenvalue weighted by Crippen LogP contribution is -2.29. The number of aromatic nitrogens is 5. The molecule has 0 atom stereocenters. The topological polar surface area (TPSA) is 76.3 Å². The van der Waals surface area contributed by atoms with Gasteiger partial charge in [-0.05, 0) is 24.1 Å². The molecule has 0 N–H and O–H groups in total. The Morgan fingerprint density at radius 1 is 1.29 bits per heavy atom. The van der Waals surface area contributed by atoms with Gasteiger partial charge in [0.1, 0.15) is 0 Å². The summed E-state index contributed by atoms with van der Waals surface area (Å²) < 4.78 is 38.9. The number of hydrogen-bond acceptors (Lipinski definition) is 6. The first-order chi connectivity index (χ1) is 11.4. The minimum atomic E-state index is -4.68. The van der Waals surface area contributed by atoms with E-state index >= 15 is 0 Å². The van der Waals surface area contributed by atoms with Crippen LogP contribution in [-0.2, 0) is 12.6 Å². The molecular formula is C13H11F3N6OS. The molecule has 0 aliphatic rings. The van der Waals surface area contributed by atoms with Gasteiger partial charge >= 0.3 is 6.18 Å². The van der Waals surface area contributed by atoms with Gasteiger partial charge in [-0.15, -0.1) is 15.3 Å². The summed E-state index contributed by atoms with van der Waals surface area (Å²) in [4.78, 5) is 17.5. The molecule has 0 aliphatic heterocycles. The van der Waals surface area contributed by atoms with Gasteiger partial charge in [-0.25, -0.2) is 0 Å². The third-order valence-electron chi connectivity index (χ3n) is 3.26. The van der Waals surface area contributed by atoms with Gasteiger partial charge < -0.3 is 4.90 Å². The van der Waals surface area contributed by atoms with Gasteiger partial charge in [0, 0.05) is 26.0 Å². The predicted molar refractivity (Wildman–Crippen MR) is 78.6 cm³/mol. The van der Waals surface area contributed by atoms with E-state index in [9.17, 15) is 18.0 Å². The maximum Gasteiger partial charge on any atom is 0.453 e. The summed E-state index contributed by atoms with van der Waals surface area (Å²) in [5.74, 6) is -1.71. The van der Waals surface area contributed by atoms with Crippen LogP contribution in [0.25, 0.3) is 4.96 Å². The molecule has 3 rings (SSSR count). The summed E-state index contributed by atoms with van der Waals surface area (Å²) in [6.07, 6.45) is -0.777. The summed E-state index contributed by atoms with van der Waals surface area (Å²) in [5, 5.41) is 10.1. The monoisotopic (exact) mass is 356 g/mol. The van der Waals surface area contributed by atoms with Crippen LogP contribution in [0.4, 0.5) is 13.2 Å². The van der Waals surface area contributed by atoms with Crippen LogP contribution >= 0.6 is 11.3 Å². The molecule has 0 saturated carbocycles. The standard InChI is InChI=1S/C13H11F3N6OS/c1-21(7-4-8-2-5-17-6-3-8)10(23)9-20-22-11(13(14,15)16)18-19-12(22)24-9/h2-3,5-6H,4,7H2,1H3. The molecule has 0 fully saturated rings. The Bertz CT molecular complexity index is 860. The molecule has 3 heterocycles. The Morgan fingerprint density at radius 2 is 2.00 bits per heavy atom. The van der Waals surface area contributed by atoms with Crippen molar-refractivity contribution in [3.63, 3.8) is 0 Å². The number of fused-ring (bicyclic) bond motifs is 1. The first kappa shape index (κ1) is 16.3. The maximum atomic E-state index is 12.8. The maximum absolute atomic E-state index is 12.8. The highest BCUT2D eigenvalue weighted by Gasteiger charge is 2.38. The molecule has 126 valence electrons. The van der Waals surface area contributed by atoms with Gasteiger partial charge in [-0.1, -0.05) is 11.3 Å². The largest absolute Gasteiger partial charge is 0.453 e. The molecule has 0 unspecified atom stereocenters. The number of alkyl halides is 3. The van der Waals surface area contributed by atoms with Gasteiger partial charge in [-0.2, -0.15) is 17.7 Å². The van der Waals surface area contributed by atoms with E-state index in [4.69, 9.17) is 0 Å². The molecule has 0 spiro atoms. The number of likely N-dealkylation sites (N-methyl/N-ethyl adjacent to an activating group) is 1. The molecule has 7 nitrogen and oxygen atoms in total. The van der Waals surface area contributed by atoms with Gasteiger partial charge in [0.15, 0.2) is 0 Å². The lowest BCUT2D eigenvalue weighted by atomic mass is 10.2. The SMILES string of the molecule is CN(CCc1ccncc1)C(=O)c1nn2c(C(F)(F)F)nnc2s1. The lowest BCUT2D eigenvalue weighted by Gasteiger charge is -2.15. The summed E-state index contributed by atoms with van der Waals surface area (Å²) in [6.45, 7) is 0.398. The van der Waals surface area contributed by atoms with E-state index in [1.165, 1.54) is 4.90 Å². The van der Waals surface area contributed by atoms with Crippen molar-refractivity contribution < 1.29 is 18.0 Å². The minimum Gasteiger partial charge on any atom is -0.339 e. The van der Waals surface area contributed by atoms with Crippen molar-refractivity contribution in [1.82, 2.24) is 29.7 Å². The van der Waals surface area contributed by atoms with Gasteiger partial charge in [0.05, 0.1) is 0 Å². The second-order valence-corrected chi connectivity index (χ2v) is 5.91. The number of pyridine rings is 1. The Hall–Kier alpha value is -2.56. The predicted octanol–water partition coefficient (Wildman–Crippen LogP) is 1.91. The molecule has 0 aromatic carbocycles. The Balaban J connectivity index is 1.75. The summed E-state index contributed by atoms with van der Waals surface area (Å²) >= 11 is 0.769. The van der Waals surface area contributed by atoms with Crippen molar-refractivity contribution in [2.24, 2.45) is 0 Å². The van der Waals surface area contributed by atoms with Crippen LogP contribution in [0.2, 0.25) is 0 Å². The zero-order valence-electron chi connectivity index (χ0n) is 12.4. The molecule has 0 aliphatic carbocycles. The van der Waals surface area contributed by atoms with Crippen molar-refractivity contribution in [3.05, 3.63) is 40.9 Å². The van der Waals surface area contributed by atoms with Crippen molar-refractivity contribution in [3.8, 4) is 0 Å². The molecule has 11 heteroatoms. The fraction of sp³-hybridized carbons (Fsp3) is 0.308. The second kappa shape index (κ2) is 6.15. The van der Waals surface area contributed by atoms with Crippen LogP contribution in [0.15, 0.2) is 24.5 Å². The Morgan fingerprint density at radius 3 is 2.67 bits per heavy atom. The van der Waals surface area contributed by atoms with Crippen molar-refractivity contribution in [1.29, 1.82) is 0 Å². The fourth-order valence-electron chi connectivity index (χ4n) is 1.99. The highest BCUT2D eigenvalue weighted by atomic mass is 32.1. The van der Waals surface area contributed by atoms with E-state index in [-0.39, 0.29) is 9.97 Å². The molecule has 0 bridgehead atoms. The first-order valence-corrected chi connectivity index (χ1v) is 7.61. The van der Waals surface area contributed by atoms with Crippen LogP contribution in [0, 0.1) is 0 Å². The molecule has 24 heavy (non-hydrogen) atoms. The van der Waals surface area contributed by atoms with Crippen LogP contribution in [-0.4, -0.2) is 49.2 Å². The number of halogens is 3. The fourth-order valence-corrected chi connectivity index (χ4v) is 2.83. The minimum absolute atomic E-state index is 0.0670. The van der Waals surface area contributed by atoms with E-state index in [0.29, 0.717) is 17.5 Å². The molecule has 3 aromatic heterocycles. The third kappa shape index (κ3) is 3.20. The van der Waals surface area contributed by atoms with Crippen molar-refractivity contribution in [2.75, 3.05) is 13.6 Å². The van der Waals surface area contributed by atoms with Crippen LogP contribution in [0.3, 0.4) is 0 Å². The number of nitrogens with zero attached hydrogens (tertiary/aromatic N) is 6. The van der Waals surface area contributed by atoms with Gasteiger partial charge in [0.2, 0.25) is 9.97 Å². The van der Waals surface area contributed by atoms with E-state index in [1.54, 1.807) is 19.4 Å². The van der Waals surface area contributed by atoms with Crippen molar-refractivity contribution >= 4 is 22.2 Å². The van der Waals surface area contributed by atoms with Crippen molar-refractivity contribution in [2.45, 2.75) is 12.6 Å². The first-order valence-electron chi connectivity index (χ1n) is 6.80. The Kier molecular flexibility index (Phi) is 4.18. The zero-order valence-corrected chi connectivity index (χ0v) is 13.2. The lowest BCUT2D eigenvalue weighted by molar-refractivity contribution is -0.146. The average molecular weight is 356 g/mol. The normalized spacial score (nSPS) is 11.8. The number of amides is 1.